The highest BCUT2D eigenvalue weighted by Gasteiger charge is 2.11. The van der Waals surface area contributed by atoms with Crippen molar-refractivity contribution in [2.75, 3.05) is 0 Å². The van der Waals surface area contributed by atoms with Crippen molar-refractivity contribution in [1.82, 2.24) is 10.3 Å². The maximum absolute atomic E-state index is 9.74. The first kappa shape index (κ1) is 13.6. The molecule has 0 aliphatic carbocycles. The molecule has 4 heteroatoms. The highest BCUT2D eigenvalue weighted by atomic mass is 16.4. The first-order chi connectivity index (χ1) is 8.97. The number of nitrogens with one attached hydrogen (secondary N) is 1. The third kappa shape index (κ3) is 3.15. The zero-order valence-corrected chi connectivity index (χ0v) is 11.8. The van der Waals surface area contributed by atoms with Crippen LogP contribution in [0.25, 0.3) is 0 Å². The molecule has 0 aliphatic heterocycles. The van der Waals surface area contributed by atoms with Crippen LogP contribution in [-0.2, 0) is 6.54 Å². The maximum atomic E-state index is 9.74. The standard InChI is InChI=1S/C15H20N2O2/c1-9-5-13(6-10(2)14(9)18)8-16-12(4)15-17-7-11(3)19-15/h5-7,12,16,18H,8H2,1-4H3. The van der Waals surface area contributed by atoms with Crippen LogP contribution in [0.1, 0.15) is 41.3 Å². The van der Waals surface area contributed by atoms with Gasteiger partial charge in [-0.1, -0.05) is 12.1 Å². The molecular formula is C15H20N2O2. The van der Waals surface area contributed by atoms with Crippen LogP contribution in [0, 0.1) is 20.8 Å². The van der Waals surface area contributed by atoms with Crippen molar-refractivity contribution in [2.24, 2.45) is 0 Å². The lowest BCUT2D eigenvalue weighted by Crippen LogP contribution is -2.18. The highest BCUT2D eigenvalue weighted by molar-refractivity contribution is 5.42. The van der Waals surface area contributed by atoms with Crippen LogP contribution in [0.3, 0.4) is 0 Å². The number of aryl methyl sites for hydroxylation is 3. The van der Waals surface area contributed by atoms with E-state index in [0.717, 1.165) is 22.5 Å². The molecule has 1 unspecified atom stereocenters. The van der Waals surface area contributed by atoms with Crippen LogP contribution in [0.15, 0.2) is 22.7 Å². The first-order valence-corrected chi connectivity index (χ1v) is 6.42. The van der Waals surface area contributed by atoms with Gasteiger partial charge in [0.25, 0.3) is 0 Å². The van der Waals surface area contributed by atoms with Gasteiger partial charge in [0.15, 0.2) is 0 Å². The van der Waals surface area contributed by atoms with Gasteiger partial charge in [-0.25, -0.2) is 4.98 Å². The van der Waals surface area contributed by atoms with Crippen molar-refractivity contribution in [3.8, 4) is 5.75 Å². The van der Waals surface area contributed by atoms with Gasteiger partial charge in [-0.05, 0) is 44.4 Å². The number of hydrogen-bond donors (Lipinski definition) is 2. The van der Waals surface area contributed by atoms with E-state index in [0.29, 0.717) is 18.2 Å². The highest BCUT2D eigenvalue weighted by Crippen LogP contribution is 2.23. The zero-order chi connectivity index (χ0) is 14.0. The van der Waals surface area contributed by atoms with E-state index in [2.05, 4.69) is 10.3 Å². The van der Waals surface area contributed by atoms with Crippen molar-refractivity contribution in [3.63, 3.8) is 0 Å². The Balaban J connectivity index is 2.03. The Bertz CT molecular complexity index is 552. The summed E-state index contributed by atoms with van der Waals surface area (Å²) in [7, 11) is 0. The summed E-state index contributed by atoms with van der Waals surface area (Å²) in [6.07, 6.45) is 1.72. The molecule has 102 valence electrons. The molecule has 2 rings (SSSR count). The fourth-order valence-corrected chi connectivity index (χ4v) is 2.08. The van der Waals surface area contributed by atoms with E-state index in [9.17, 15) is 5.11 Å². The minimum Gasteiger partial charge on any atom is -0.507 e. The molecule has 0 spiro atoms. The van der Waals surface area contributed by atoms with Crippen LogP contribution in [0.4, 0.5) is 0 Å². The number of rotatable bonds is 4. The third-order valence-electron chi connectivity index (χ3n) is 3.17. The van der Waals surface area contributed by atoms with Gasteiger partial charge >= 0.3 is 0 Å². The Morgan fingerprint density at radius 3 is 2.42 bits per heavy atom. The Labute approximate surface area is 113 Å². The Kier molecular flexibility index (Phi) is 3.90. The summed E-state index contributed by atoms with van der Waals surface area (Å²) in [5.41, 5.74) is 2.94. The number of phenols is 1. The molecule has 0 radical (unpaired) electrons. The number of benzene rings is 1. The van der Waals surface area contributed by atoms with Crippen molar-refractivity contribution < 1.29 is 9.52 Å². The van der Waals surface area contributed by atoms with E-state index in [-0.39, 0.29) is 6.04 Å². The fraction of sp³-hybridized carbons (Fsp3) is 0.400. The van der Waals surface area contributed by atoms with E-state index in [1.165, 1.54) is 0 Å². The Morgan fingerprint density at radius 1 is 1.26 bits per heavy atom. The SMILES string of the molecule is Cc1cnc(C(C)NCc2cc(C)c(O)c(C)c2)o1. The van der Waals surface area contributed by atoms with Crippen LogP contribution in [0.2, 0.25) is 0 Å². The van der Waals surface area contributed by atoms with Gasteiger partial charge in [0.2, 0.25) is 5.89 Å². The topological polar surface area (TPSA) is 58.3 Å². The lowest BCUT2D eigenvalue weighted by Gasteiger charge is -2.12. The molecule has 2 aromatic rings. The molecule has 0 saturated heterocycles. The number of aromatic hydroxyl groups is 1. The van der Waals surface area contributed by atoms with Crippen LogP contribution >= 0.6 is 0 Å². The molecule has 1 atom stereocenters. The average Bonchev–Trinajstić information content (AvgIpc) is 2.79. The second kappa shape index (κ2) is 5.45. The quantitative estimate of drug-likeness (QED) is 0.886. The second-order valence-corrected chi connectivity index (χ2v) is 4.99. The number of nitrogens with zero attached hydrogens (tertiary/aromatic N) is 1. The summed E-state index contributed by atoms with van der Waals surface area (Å²) < 4.78 is 5.49. The van der Waals surface area contributed by atoms with E-state index in [1.807, 2.05) is 39.8 Å². The van der Waals surface area contributed by atoms with Crippen LogP contribution in [-0.4, -0.2) is 10.1 Å². The summed E-state index contributed by atoms with van der Waals surface area (Å²) in [4.78, 5) is 4.21. The van der Waals surface area contributed by atoms with Crippen molar-refractivity contribution in [2.45, 2.75) is 40.3 Å². The molecule has 2 N–H and O–H groups in total. The minimum atomic E-state index is 0.0584. The summed E-state index contributed by atoms with van der Waals surface area (Å²) in [6.45, 7) is 8.44. The van der Waals surface area contributed by atoms with Gasteiger partial charge < -0.3 is 14.8 Å². The lowest BCUT2D eigenvalue weighted by molar-refractivity contribution is 0.402. The zero-order valence-electron chi connectivity index (χ0n) is 11.8. The van der Waals surface area contributed by atoms with Crippen molar-refractivity contribution in [3.05, 3.63) is 46.7 Å². The summed E-state index contributed by atoms with van der Waals surface area (Å²) in [5, 5.41) is 13.1. The molecule has 1 aromatic carbocycles. The lowest BCUT2D eigenvalue weighted by atomic mass is 10.1. The average molecular weight is 260 g/mol. The summed E-state index contributed by atoms with van der Waals surface area (Å²) in [6, 6.07) is 4.04. The predicted octanol–water partition coefficient (Wildman–Crippen LogP) is 3.16. The van der Waals surface area contributed by atoms with Crippen molar-refractivity contribution in [1.29, 1.82) is 0 Å². The van der Waals surface area contributed by atoms with Gasteiger partial charge in [0.05, 0.1) is 12.2 Å². The molecule has 19 heavy (non-hydrogen) atoms. The van der Waals surface area contributed by atoms with E-state index >= 15 is 0 Å². The summed E-state index contributed by atoms with van der Waals surface area (Å²) in [5.74, 6) is 1.89. The molecule has 1 heterocycles. The maximum Gasteiger partial charge on any atom is 0.211 e. The van der Waals surface area contributed by atoms with Crippen LogP contribution < -0.4 is 5.32 Å². The van der Waals surface area contributed by atoms with E-state index in [4.69, 9.17) is 4.42 Å². The number of oxazole rings is 1. The normalized spacial score (nSPS) is 12.6. The van der Waals surface area contributed by atoms with Gasteiger partial charge in [0, 0.05) is 6.54 Å². The van der Waals surface area contributed by atoms with Gasteiger partial charge in [-0.3, -0.25) is 0 Å². The number of hydrogen-bond acceptors (Lipinski definition) is 4. The predicted molar refractivity (Wildman–Crippen MR) is 74.1 cm³/mol. The van der Waals surface area contributed by atoms with Gasteiger partial charge in [0.1, 0.15) is 11.5 Å². The van der Waals surface area contributed by atoms with Crippen LogP contribution in [0.5, 0.6) is 5.75 Å². The summed E-state index contributed by atoms with van der Waals surface area (Å²) >= 11 is 0. The smallest absolute Gasteiger partial charge is 0.211 e. The fourth-order valence-electron chi connectivity index (χ4n) is 2.08. The molecule has 0 aliphatic rings. The molecule has 4 nitrogen and oxygen atoms in total. The van der Waals surface area contributed by atoms with Crippen molar-refractivity contribution >= 4 is 0 Å². The van der Waals surface area contributed by atoms with E-state index in [1.54, 1.807) is 6.20 Å². The largest absolute Gasteiger partial charge is 0.507 e. The minimum absolute atomic E-state index is 0.0584. The number of aromatic nitrogens is 1. The molecule has 1 aromatic heterocycles. The molecule has 0 amide bonds. The molecule has 0 saturated carbocycles. The van der Waals surface area contributed by atoms with E-state index < -0.39 is 0 Å². The second-order valence-electron chi connectivity index (χ2n) is 4.99. The van der Waals surface area contributed by atoms with Gasteiger partial charge in [-0.2, -0.15) is 0 Å². The number of phenolic OH excluding ortho intramolecular Hbond substituents is 1. The third-order valence-corrected chi connectivity index (χ3v) is 3.17. The monoisotopic (exact) mass is 260 g/mol. The van der Waals surface area contributed by atoms with Gasteiger partial charge in [-0.15, -0.1) is 0 Å². The Morgan fingerprint density at radius 2 is 1.89 bits per heavy atom. The molecular weight excluding hydrogens is 240 g/mol. The Hall–Kier alpha value is -1.81. The molecule has 0 bridgehead atoms. The first-order valence-electron chi connectivity index (χ1n) is 6.42. The molecule has 0 fully saturated rings.